The van der Waals surface area contributed by atoms with Crippen molar-refractivity contribution in [3.8, 4) is 5.75 Å². The Morgan fingerprint density at radius 1 is 0.920 bits per heavy atom. The minimum atomic E-state index is -1.19. The number of carbonyl (C=O) groups excluding carboxylic acids is 1. The molecule has 126 valence electrons. The normalized spacial score (nSPS) is 10.4. The number of aromatic carboxylic acids is 1. The van der Waals surface area contributed by atoms with Crippen molar-refractivity contribution < 1.29 is 14.6 Å². The fourth-order valence-electron chi connectivity index (χ4n) is 2.59. The molecule has 3 rings (SSSR count). The second kappa shape index (κ2) is 7.86. The number of rotatable bonds is 6. The summed E-state index contributed by atoms with van der Waals surface area (Å²) in [6.07, 6.45) is 0.520. The Labute approximate surface area is 151 Å². The summed E-state index contributed by atoms with van der Waals surface area (Å²) in [7, 11) is 0. The SMILES string of the molecule is O=C([O-])c1cccc(Cc2cc(Cl)ccc2OCc2ccccc2)c1. The van der Waals surface area contributed by atoms with Crippen LogP contribution in [-0.4, -0.2) is 5.97 Å². The van der Waals surface area contributed by atoms with Crippen LogP contribution < -0.4 is 9.84 Å². The van der Waals surface area contributed by atoms with Gasteiger partial charge in [0.2, 0.25) is 0 Å². The third kappa shape index (κ3) is 4.61. The van der Waals surface area contributed by atoms with Gasteiger partial charge in [0.05, 0.1) is 5.97 Å². The monoisotopic (exact) mass is 351 g/mol. The van der Waals surface area contributed by atoms with Crippen LogP contribution in [0.2, 0.25) is 5.02 Å². The summed E-state index contributed by atoms with van der Waals surface area (Å²) in [4.78, 5) is 11.0. The van der Waals surface area contributed by atoms with Crippen LogP contribution in [0.5, 0.6) is 5.75 Å². The van der Waals surface area contributed by atoms with Crippen molar-refractivity contribution >= 4 is 17.6 Å². The van der Waals surface area contributed by atoms with Crippen LogP contribution in [0.3, 0.4) is 0 Å². The van der Waals surface area contributed by atoms with Gasteiger partial charge in [-0.15, -0.1) is 0 Å². The number of halogens is 1. The van der Waals surface area contributed by atoms with Crippen molar-refractivity contribution in [2.75, 3.05) is 0 Å². The number of ether oxygens (including phenoxy) is 1. The molecule has 0 amide bonds. The number of carboxylic acid groups (broad SMARTS) is 1. The molecule has 0 heterocycles. The van der Waals surface area contributed by atoms with E-state index in [1.54, 1.807) is 18.2 Å². The van der Waals surface area contributed by atoms with Crippen molar-refractivity contribution in [1.82, 2.24) is 0 Å². The summed E-state index contributed by atoms with van der Waals surface area (Å²) in [6, 6.07) is 22.0. The molecule has 0 aliphatic rings. The molecule has 0 saturated heterocycles. The van der Waals surface area contributed by atoms with Crippen molar-refractivity contribution in [2.45, 2.75) is 13.0 Å². The first-order chi connectivity index (χ1) is 12.1. The Morgan fingerprint density at radius 2 is 1.68 bits per heavy atom. The van der Waals surface area contributed by atoms with Crippen molar-refractivity contribution in [2.24, 2.45) is 0 Å². The van der Waals surface area contributed by atoms with E-state index in [4.69, 9.17) is 16.3 Å². The van der Waals surface area contributed by atoms with Crippen LogP contribution in [0.25, 0.3) is 0 Å². The Morgan fingerprint density at radius 3 is 2.44 bits per heavy atom. The van der Waals surface area contributed by atoms with Crippen LogP contribution in [-0.2, 0) is 13.0 Å². The van der Waals surface area contributed by atoms with E-state index in [2.05, 4.69) is 0 Å². The lowest BCUT2D eigenvalue weighted by Crippen LogP contribution is -2.22. The number of benzene rings is 3. The van der Waals surface area contributed by atoms with Crippen LogP contribution in [0.1, 0.15) is 27.0 Å². The summed E-state index contributed by atoms with van der Waals surface area (Å²) in [5.41, 5.74) is 2.99. The highest BCUT2D eigenvalue weighted by atomic mass is 35.5. The first kappa shape index (κ1) is 17.1. The Kier molecular flexibility index (Phi) is 5.36. The maximum absolute atomic E-state index is 11.0. The summed E-state index contributed by atoms with van der Waals surface area (Å²) < 4.78 is 5.94. The van der Waals surface area contributed by atoms with Crippen LogP contribution in [0, 0.1) is 0 Å². The van der Waals surface area contributed by atoms with Gasteiger partial charge in [-0.25, -0.2) is 0 Å². The predicted molar refractivity (Wildman–Crippen MR) is 95.8 cm³/mol. The van der Waals surface area contributed by atoms with E-state index in [9.17, 15) is 9.90 Å². The Balaban J connectivity index is 1.81. The van der Waals surface area contributed by atoms with Gasteiger partial charge in [0, 0.05) is 11.4 Å². The number of carboxylic acids is 1. The van der Waals surface area contributed by atoms with E-state index < -0.39 is 5.97 Å². The smallest absolute Gasteiger partial charge is 0.123 e. The molecular formula is C21H16ClO3-. The van der Waals surface area contributed by atoms with E-state index in [0.29, 0.717) is 18.1 Å². The standard InChI is InChI=1S/C21H17ClO3/c22-19-9-10-20(25-14-15-5-2-1-3-6-15)18(13-19)12-16-7-4-8-17(11-16)21(23)24/h1-11,13H,12,14H2,(H,23,24)/p-1. The summed E-state index contributed by atoms with van der Waals surface area (Å²) >= 11 is 6.12. The lowest BCUT2D eigenvalue weighted by molar-refractivity contribution is -0.255. The molecule has 0 aromatic heterocycles. The van der Waals surface area contributed by atoms with Crippen molar-refractivity contribution in [1.29, 1.82) is 0 Å². The third-order valence-corrected chi connectivity index (χ3v) is 4.05. The number of hydrogen-bond acceptors (Lipinski definition) is 3. The quantitative estimate of drug-likeness (QED) is 0.677. The Bertz CT molecular complexity index is 875. The molecule has 0 aliphatic heterocycles. The van der Waals surface area contributed by atoms with E-state index in [1.165, 1.54) is 6.07 Å². The van der Waals surface area contributed by atoms with Crippen LogP contribution >= 0.6 is 11.6 Å². The van der Waals surface area contributed by atoms with E-state index >= 15 is 0 Å². The molecule has 3 aromatic carbocycles. The van der Waals surface area contributed by atoms with E-state index in [-0.39, 0.29) is 5.56 Å². The van der Waals surface area contributed by atoms with Gasteiger partial charge < -0.3 is 14.6 Å². The van der Waals surface area contributed by atoms with Gasteiger partial charge in [-0.3, -0.25) is 0 Å². The molecule has 0 aliphatic carbocycles. The lowest BCUT2D eigenvalue weighted by Gasteiger charge is -2.13. The van der Waals surface area contributed by atoms with Gasteiger partial charge in [0.15, 0.2) is 0 Å². The van der Waals surface area contributed by atoms with Crippen molar-refractivity contribution in [3.63, 3.8) is 0 Å². The molecule has 0 N–H and O–H groups in total. The summed E-state index contributed by atoms with van der Waals surface area (Å²) in [5, 5.41) is 11.6. The fourth-order valence-corrected chi connectivity index (χ4v) is 2.79. The van der Waals surface area contributed by atoms with Gasteiger partial charge in [-0.2, -0.15) is 0 Å². The van der Waals surface area contributed by atoms with E-state index in [0.717, 1.165) is 22.4 Å². The first-order valence-electron chi connectivity index (χ1n) is 7.87. The average molecular weight is 352 g/mol. The zero-order valence-electron chi connectivity index (χ0n) is 13.4. The van der Waals surface area contributed by atoms with Gasteiger partial charge >= 0.3 is 0 Å². The molecule has 0 spiro atoms. The van der Waals surface area contributed by atoms with Gasteiger partial charge in [0.1, 0.15) is 12.4 Å². The molecule has 25 heavy (non-hydrogen) atoms. The fraction of sp³-hybridized carbons (Fsp3) is 0.0952. The molecule has 0 saturated carbocycles. The molecule has 4 heteroatoms. The molecule has 0 unspecified atom stereocenters. The van der Waals surface area contributed by atoms with Crippen LogP contribution in [0.4, 0.5) is 0 Å². The molecule has 3 aromatic rings. The molecule has 0 radical (unpaired) electrons. The predicted octanol–water partition coefficient (Wildman–Crippen LogP) is 3.87. The van der Waals surface area contributed by atoms with Crippen LogP contribution in [0.15, 0.2) is 72.8 Å². The second-order valence-electron chi connectivity index (χ2n) is 5.69. The molecule has 0 bridgehead atoms. The van der Waals surface area contributed by atoms with Crippen molar-refractivity contribution in [3.05, 3.63) is 100 Å². The number of hydrogen-bond donors (Lipinski definition) is 0. The maximum Gasteiger partial charge on any atom is 0.123 e. The minimum Gasteiger partial charge on any atom is -0.545 e. The molecule has 0 atom stereocenters. The van der Waals surface area contributed by atoms with Gasteiger partial charge in [-0.1, -0.05) is 60.1 Å². The largest absolute Gasteiger partial charge is 0.545 e. The molecule has 0 fully saturated rings. The number of carbonyl (C=O) groups is 1. The lowest BCUT2D eigenvalue weighted by atomic mass is 10.0. The first-order valence-corrected chi connectivity index (χ1v) is 8.25. The Hall–Kier alpha value is -2.78. The zero-order chi connectivity index (χ0) is 17.6. The minimum absolute atomic E-state index is 0.159. The van der Waals surface area contributed by atoms with Gasteiger partial charge in [-0.05, 0) is 46.5 Å². The van der Waals surface area contributed by atoms with Gasteiger partial charge in [0.25, 0.3) is 0 Å². The zero-order valence-corrected chi connectivity index (χ0v) is 14.2. The van der Waals surface area contributed by atoms with E-state index in [1.807, 2.05) is 48.5 Å². The third-order valence-electron chi connectivity index (χ3n) is 3.82. The maximum atomic E-state index is 11.0. The second-order valence-corrected chi connectivity index (χ2v) is 6.13. The molecule has 3 nitrogen and oxygen atoms in total. The molecular weight excluding hydrogens is 336 g/mol. The highest BCUT2D eigenvalue weighted by molar-refractivity contribution is 6.30. The summed E-state index contributed by atoms with van der Waals surface area (Å²) in [6.45, 7) is 0.453. The highest BCUT2D eigenvalue weighted by Gasteiger charge is 2.08. The average Bonchev–Trinajstić information content (AvgIpc) is 2.62. The summed E-state index contributed by atoms with van der Waals surface area (Å²) in [5.74, 6) is -0.458. The highest BCUT2D eigenvalue weighted by Crippen LogP contribution is 2.26. The topological polar surface area (TPSA) is 49.4 Å².